The number of aryl methyl sites for hydroxylation is 1. The standard InChI is InChI=1S/C18H27N3/c1-14(2)21-13-16(12-20-10-8-19(4)9-11-20)17-7-5-6-15(3)18(17)21/h5-7,13-14H,8-12H2,1-4H3. The molecule has 0 amide bonds. The van der Waals surface area contributed by atoms with E-state index in [1.807, 2.05) is 0 Å². The molecule has 114 valence electrons. The number of para-hydroxylation sites is 1. The van der Waals surface area contributed by atoms with Gasteiger partial charge < -0.3 is 9.47 Å². The van der Waals surface area contributed by atoms with E-state index in [0.717, 1.165) is 6.54 Å². The lowest BCUT2D eigenvalue weighted by Crippen LogP contribution is -2.43. The number of nitrogens with zero attached hydrogens (tertiary/aromatic N) is 3. The van der Waals surface area contributed by atoms with Crippen molar-refractivity contribution in [3.8, 4) is 0 Å². The van der Waals surface area contributed by atoms with Gasteiger partial charge in [-0.05, 0) is 38.9 Å². The van der Waals surface area contributed by atoms with Crippen molar-refractivity contribution in [2.24, 2.45) is 0 Å². The van der Waals surface area contributed by atoms with Gasteiger partial charge >= 0.3 is 0 Å². The summed E-state index contributed by atoms with van der Waals surface area (Å²) < 4.78 is 2.44. The summed E-state index contributed by atoms with van der Waals surface area (Å²) in [4.78, 5) is 5.00. The van der Waals surface area contributed by atoms with Crippen LogP contribution in [0.4, 0.5) is 0 Å². The first-order valence-corrected chi connectivity index (χ1v) is 8.06. The van der Waals surface area contributed by atoms with Crippen LogP contribution in [0.2, 0.25) is 0 Å². The van der Waals surface area contributed by atoms with Crippen LogP contribution in [0.15, 0.2) is 24.4 Å². The molecule has 3 nitrogen and oxygen atoms in total. The summed E-state index contributed by atoms with van der Waals surface area (Å²) in [5.41, 5.74) is 4.27. The fourth-order valence-electron chi connectivity index (χ4n) is 3.34. The largest absolute Gasteiger partial charge is 0.344 e. The maximum absolute atomic E-state index is 2.59. The highest BCUT2D eigenvalue weighted by Gasteiger charge is 2.18. The molecule has 2 aromatic rings. The van der Waals surface area contributed by atoms with Crippen molar-refractivity contribution in [3.63, 3.8) is 0 Å². The third kappa shape index (κ3) is 2.85. The lowest BCUT2D eigenvalue weighted by atomic mass is 10.1. The molecule has 0 radical (unpaired) electrons. The molecule has 1 aliphatic rings. The zero-order valence-corrected chi connectivity index (χ0v) is 13.8. The fourth-order valence-corrected chi connectivity index (χ4v) is 3.34. The summed E-state index contributed by atoms with van der Waals surface area (Å²) in [5.74, 6) is 0. The minimum Gasteiger partial charge on any atom is -0.344 e. The number of benzene rings is 1. The number of hydrogen-bond acceptors (Lipinski definition) is 2. The van der Waals surface area contributed by atoms with Crippen LogP contribution in [0.3, 0.4) is 0 Å². The Labute approximate surface area is 128 Å². The molecule has 1 aromatic carbocycles. The predicted molar refractivity (Wildman–Crippen MR) is 89.8 cm³/mol. The van der Waals surface area contributed by atoms with Crippen molar-refractivity contribution < 1.29 is 0 Å². The summed E-state index contributed by atoms with van der Waals surface area (Å²) in [6.45, 7) is 12.6. The van der Waals surface area contributed by atoms with Crippen LogP contribution in [-0.4, -0.2) is 47.6 Å². The minimum atomic E-state index is 0.509. The van der Waals surface area contributed by atoms with Gasteiger partial charge in [-0.25, -0.2) is 0 Å². The van der Waals surface area contributed by atoms with Crippen molar-refractivity contribution in [1.82, 2.24) is 14.4 Å². The summed E-state index contributed by atoms with van der Waals surface area (Å²) in [7, 11) is 2.21. The van der Waals surface area contributed by atoms with Crippen molar-refractivity contribution >= 4 is 10.9 Å². The number of piperazine rings is 1. The number of likely N-dealkylation sites (N-methyl/N-ethyl adjacent to an activating group) is 1. The molecule has 21 heavy (non-hydrogen) atoms. The Hall–Kier alpha value is -1.32. The summed E-state index contributed by atoms with van der Waals surface area (Å²) >= 11 is 0. The molecular weight excluding hydrogens is 258 g/mol. The lowest BCUT2D eigenvalue weighted by Gasteiger charge is -2.32. The monoisotopic (exact) mass is 285 g/mol. The number of aromatic nitrogens is 1. The van der Waals surface area contributed by atoms with E-state index in [2.05, 4.69) is 66.6 Å². The average molecular weight is 285 g/mol. The average Bonchev–Trinajstić information content (AvgIpc) is 2.82. The van der Waals surface area contributed by atoms with Gasteiger partial charge in [0.1, 0.15) is 0 Å². The van der Waals surface area contributed by atoms with Crippen LogP contribution in [0.1, 0.15) is 31.0 Å². The second-order valence-corrected chi connectivity index (χ2v) is 6.71. The van der Waals surface area contributed by atoms with Crippen LogP contribution >= 0.6 is 0 Å². The van der Waals surface area contributed by atoms with E-state index in [1.165, 1.54) is 48.2 Å². The van der Waals surface area contributed by atoms with Crippen molar-refractivity contribution in [3.05, 3.63) is 35.5 Å². The van der Waals surface area contributed by atoms with Crippen LogP contribution < -0.4 is 0 Å². The smallest absolute Gasteiger partial charge is 0.0515 e. The molecule has 0 saturated carbocycles. The van der Waals surface area contributed by atoms with E-state index < -0.39 is 0 Å². The molecule has 0 bridgehead atoms. The molecule has 3 heteroatoms. The Balaban J connectivity index is 1.93. The van der Waals surface area contributed by atoms with Crippen molar-refractivity contribution in [1.29, 1.82) is 0 Å². The van der Waals surface area contributed by atoms with Crippen LogP contribution in [0, 0.1) is 6.92 Å². The van der Waals surface area contributed by atoms with Gasteiger partial charge in [-0.15, -0.1) is 0 Å². The van der Waals surface area contributed by atoms with Gasteiger partial charge in [-0.1, -0.05) is 18.2 Å². The van der Waals surface area contributed by atoms with Gasteiger partial charge in [0.2, 0.25) is 0 Å². The van der Waals surface area contributed by atoms with E-state index in [-0.39, 0.29) is 0 Å². The SMILES string of the molecule is Cc1cccc2c(CN3CCN(C)CC3)cn(C(C)C)c12. The first kappa shape index (κ1) is 14.6. The molecule has 1 aliphatic heterocycles. The van der Waals surface area contributed by atoms with Crippen LogP contribution in [-0.2, 0) is 6.54 Å². The minimum absolute atomic E-state index is 0.509. The Kier molecular flexibility index (Phi) is 4.05. The third-order valence-corrected chi connectivity index (χ3v) is 4.68. The molecule has 0 atom stereocenters. The number of hydrogen-bond donors (Lipinski definition) is 0. The normalized spacial score (nSPS) is 18.0. The first-order valence-electron chi connectivity index (χ1n) is 8.06. The topological polar surface area (TPSA) is 11.4 Å². The van der Waals surface area contributed by atoms with Gasteiger partial charge in [0.05, 0.1) is 5.52 Å². The zero-order chi connectivity index (χ0) is 15.0. The van der Waals surface area contributed by atoms with Crippen molar-refractivity contribution in [2.75, 3.05) is 33.2 Å². The summed E-state index contributed by atoms with van der Waals surface area (Å²) in [6.07, 6.45) is 2.38. The summed E-state index contributed by atoms with van der Waals surface area (Å²) in [5, 5.41) is 1.43. The predicted octanol–water partition coefficient (Wildman–Crippen LogP) is 3.28. The van der Waals surface area contributed by atoms with Gasteiger partial charge in [-0.2, -0.15) is 0 Å². The summed E-state index contributed by atoms with van der Waals surface area (Å²) in [6, 6.07) is 7.21. The Morgan fingerprint density at radius 1 is 1.10 bits per heavy atom. The molecule has 3 rings (SSSR count). The Bertz CT molecular complexity index is 619. The number of rotatable bonds is 3. The Morgan fingerprint density at radius 2 is 1.81 bits per heavy atom. The van der Waals surface area contributed by atoms with E-state index in [4.69, 9.17) is 0 Å². The van der Waals surface area contributed by atoms with E-state index in [1.54, 1.807) is 0 Å². The lowest BCUT2D eigenvalue weighted by molar-refractivity contribution is 0.148. The van der Waals surface area contributed by atoms with Gasteiger partial charge in [-0.3, -0.25) is 4.90 Å². The second kappa shape index (κ2) is 5.82. The van der Waals surface area contributed by atoms with Crippen LogP contribution in [0.25, 0.3) is 10.9 Å². The molecule has 1 aromatic heterocycles. The molecule has 0 N–H and O–H groups in total. The van der Waals surface area contributed by atoms with Gasteiger partial charge in [0.15, 0.2) is 0 Å². The Morgan fingerprint density at radius 3 is 2.48 bits per heavy atom. The molecule has 0 aliphatic carbocycles. The van der Waals surface area contributed by atoms with Crippen molar-refractivity contribution in [2.45, 2.75) is 33.4 Å². The van der Waals surface area contributed by atoms with Crippen LogP contribution in [0.5, 0.6) is 0 Å². The zero-order valence-electron chi connectivity index (χ0n) is 13.8. The highest BCUT2D eigenvalue weighted by atomic mass is 15.2. The molecular formula is C18H27N3. The molecule has 0 unspecified atom stereocenters. The van der Waals surface area contributed by atoms with Gasteiger partial charge in [0.25, 0.3) is 0 Å². The molecule has 0 spiro atoms. The molecule has 2 heterocycles. The second-order valence-electron chi connectivity index (χ2n) is 6.71. The molecule has 1 saturated heterocycles. The number of fused-ring (bicyclic) bond motifs is 1. The highest BCUT2D eigenvalue weighted by molar-refractivity contribution is 5.86. The van der Waals surface area contributed by atoms with E-state index in [9.17, 15) is 0 Å². The van der Waals surface area contributed by atoms with Gasteiger partial charge in [0, 0.05) is 50.3 Å². The molecule has 1 fully saturated rings. The highest BCUT2D eigenvalue weighted by Crippen LogP contribution is 2.28. The van der Waals surface area contributed by atoms with E-state index >= 15 is 0 Å². The maximum Gasteiger partial charge on any atom is 0.0515 e. The fraction of sp³-hybridized carbons (Fsp3) is 0.556. The third-order valence-electron chi connectivity index (χ3n) is 4.68. The first-order chi connectivity index (χ1) is 10.1. The van der Waals surface area contributed by atoms with E-state index in [0.29, 0.717) is 6.04 Å². The quantitative estimate of drug-likeness (QED) is 0.857. The maximum atomic E-state index is 2.59.